The van der Waals surface area contributed by atoms with Gasteiger partial charge in [0, 0.05) is 60.0 Å². The maximum absolute atomic E-state index is 15.5. The van der Waals surface area contributed by atoms with E-state index in [1.807, 2.05) is 0 Å². The molecule has 3 heterocycles. The smallest absolute Gasteiger partial charge is 0.409 e. The van der Waals surface area contributed by atoms with Gasteiger partial charge in [0.05, 0.1) is 19.5 Å². The summed E-state index contributed by atoms with van der Waals surface area (Å²) in [7, 11) is -2.24. The van der Waals surface area contributed by atoms with Crippen LogP contribution in [0.2, 0.25) is 5.02 Å². The van der Waals surface area contributed by atoms with E-state index in [2.05, 4.69) is 16.0 Å². The lowest BCUT2D eigenvalue weighted by molar-refractivity contribution is -0.120. The predicted octanol–water partition coefficient (Wildman–Crippen LogP) is 4.03. The van der Waals surface area contributed by atoms with E-state index in [-0.39, 0.29) is 68.0 Å². The molecule has 48 heavy (non-hydrogen) atoms. The highest BCUT2D eigenvalue weighted by molar-refractivity contribution is 7.89. The van der Waals surface area contributed by atoms with Crippen LogP contribution in [0.5, 0.6) is 0 Å². The minimum atomic E-state index is -3.43. The number of rotatable bonds is 9. The molecule has 0 aromatic heterocycles. The van der Waals surface area contributed by atoms with Crippen LogP contribution in [0.4, 0.5) is 19.7 Å². The Morgan fingerprint density at radius 2 is 1.88 bits per heavy atom. The molecule has 0 saturated carbocycles. The highest BCUT2D eigenvalue weighted by atomic mass is 35.5. The van der Waals surface area contributed by atoms with Crippen molar-refractivity contribution in [3.8, 4) is 0 Å². The quantitative estimate of drug-likeness (QED) is 0.354. The monoisotopic (exact) mass is 707 g/mol. The van der Waals surface area contributed by atoms with Gasteiger partial charge in [0.1, 0.15) is 11.9 Å². The molecule has 3 saturated heterocycles. The van der Waals surface area contributed by atoms with Crippen LogP contribution in [-0.2, 0) is 36.1 Å². The zero-order chi connectivity index (χ0) is 34.5. The molecule has 0 spiro atoms. The van der Waals surface area contributed by atoms with E-state index >= 15 is 4.39 Å². The zero-order valence-electron chi connectivity index (χ0n) is 27.2. The van der Waals surface area contributed by atoms with Crippen LogP contribution in [-0.4, -0.2) is 99.5 Å². The Labute approximate surface area is 285 Å². The van der Waals surface area contributed by atoms with Crippen LogP contribution in [0.1, 0.15) is 50.2 Å². The Bertz CT molecular complexity index is 1590. The number of alkyl carbamates (subject to hydrolysis) is 1. The lowest BCUT2D eigenvalue weighted by Crippen LogP contribution is -2.60. The van der Waals surface area contributed by atoms with Gasteiger partial charge in [-0.2, -0.15) is 4.31 Å². The van der Waals surface area contributed by atoms with Crippen molar-refractivity contribution in [1.82, 2.24) is 19.8 Å². The molecule has 3 aliphatic rings. The minimum Gasteiger partial charge on any atom is -0.453 e. The molecule has 2 aromatic rings. The second-order valence-electron chi connectivity index (χ2n) is 12.5. The molecule has 0 radical (unpaired) electrons. The molecular formula is C33H43ClFN5O7S. The molecule has 5 rings (SSSR count). The number of nitrogens with one attached hydrogen (secondary N) is 3. The van der Waals surface area contributed by atoms with E-state index in [1.54, 1.807) is 46.5 Å². The number of methoxy groups -OCH3 is 1. The van der Waals surface area contributed by atoms with Gasteiger partial charge in [0.2, 0.25) is 15.9 Å². The van der Waals surface area contributed by atoms with Crippen molar-refractivity contribution in [2.24, 2.45) is 0 Å². The fourth-order valence-electron chi connectivity index (χ4n) is 7.15. The third-order valence-electron chi connectivity index (χ3n) is 9.73. The van der Waals surface area contributed by atoms with Crippen molar-refractivity contribution in [3.63, 3.8) is 0 Å². The number of benzene rings is 2. The molecule has 2 bridgehead atoms. The van der Waals surface area contributed by atoms with Crippen molar-refractivity contribution in [2.75, 3.05) is 51.0 Å². The van der Waals surface area contributed by atoms with Crippen LogP contribution in [0, 0.1) is 5.82 Å². The second kappa shape index (κ2) is 15.4. The maximum Gasteiger partial charge on any atom is 0.409 e. The Morgan fingerprint density at radius 3 is 2.56 bits per heavy atom. The Kier molecular flexibility index (Phi) is 11.5. The number of amides is 3. The minimum absolute atomic E-state index is 0.0875. The van der Waals surface area contributed by atoms with Crippen molar-refractivity contribution in [2.45, 2.75) is 69.0 Å². The van der Waals surface area contributed by atoms with Crippen LogP contribution >= 0.6 is 11.6 Å². The van der Waals surface area contributed by atoms with Crippen molar-refractivity contribution in [1.29, 1.82) is 0 Å². The summed E-state index contributed by atoms with van der Waals surface area (Å²) in [5, 5.41) is 9.50. The largest absolute Gasteiger partial charge is 0.453 e. The lowest BCUT2D eigenvalue weighted by atomic mass is 9.67. The van der Waals surface area contributed by atoms with Gasteiger partial charge in [0.25, 0.3) is 0 Å². The number of piperazine rings is 1. The SMILES string of the molecule is CCOC(=O)N1CCC(c2ccc(Cl)cc2)([C@H](NC(=O)OC)C(=O)Nc2cccc(F)c2CC[C@H]2CN[C@@H]3CCCS(=O)(=O)N2C3)CC1. The average Bonchev–Trinajstić information content (AvgIpc) is 3.19. The molecule has 15 heteroatoms. The normalized spacial score (nSPS) is 23.7. The van der Waals surface area contributed by atoms with E-state index in [4.69, 9.17) is 21.1 Å². The molecule has 0 aliphatic carbocycles. The van der Waals surface area contributed by atoms with E-state index in [1.165, 1.54) is 19.2 Å². The number of hydrogen-bond acceptors (Lipinski definition) is 8. The number of ether oxygens (including phenoxy) is 2. The molecule has 4 atom stereocenters. The number of fused-ring (bicyclic) bond motifs is 2. The number of nitrogens with zero attached hydrogens (tertiary/aromatic N) is 2. The third kappa shape index (κ3) is 7.88. The maximum atomic E-state index is 15.5. The first-order valence-electron chi connectivity index (χ1n) is 16.3. The second-order valence-corrected chi connectivity index (χ2v) is 15.0. The summed E-state index contributed by atoms with van der Waals surface area (Å²) >= 11 is 6.21. The van der Waals surface area contributed by atoms with Crippen molar-refractivity contribution < 1.29 is 36.7 Å². The fraction of sp³-hybridized carbons (Fsp3) is 0.545. The lowest BCUT2D eigenvalue weighted by Gasteiger charge is -2.46. The zero-order valence-corrected chi connectivity index (χ0v) is 28.7. The predicted molar refractivity (Wildman–Crippen MR) is 179 cm³/mol. The molecule has 12 nitrogen and oxygen atoms in total. The number of piperidine rings is 1. The van der Waals surface area contributed by atoms with Gasteiger partial charge in [-0.05, 0) is 75.3 Å². The summed E-state index contributed by atoms with van der Waals surface area (Å²) in [6.45, 7) is 3.27. The Morgan fingerprint density at radius 1 is 1.15 bits per heavy atom. The molecule has 262 valence electrons. The standard InChI is InChI=1S/C33H43ClFN5O7S/c1-3-47-32(43)39-17-15-33(16-18-39,22-9-11-23(34)12-10-22)29(38-31(42)46-2)30(41)37-28-8-4-7-27(35)26(28)14-13-25-20-36-24-6-5-19-48(44,45)40(25)21-24/h4,7-12,24-25,29,36H,3,5-6,13-21H2,1-2H3,(H,37,41)(H,38,42)/t24-,25+,29-/m1/s1. The number of carbonyl (C=O) groups excluding carboxylic acids is 3. The van der Waals surface area contributed by atoms with E-state index in [9.17, 15) is 22.8 Å². The summed E-state index contributed by atoms with van der Waals surface area (Å²) in [5.74, 6) is -1.06. The number of sulfonamides is 1. The third-order valence-corrected chi connectivity index (χ3v) is 11.9. The van der Waals surface area contributed by atoms with Gasteiger partial charge in [-0.15, -0.1) is 0 Å². The first-order chi connectivity index (χ1) is 23.0. The summed E-state index contributed by atoms with van der Waals surface area (Å²) in [6.07, 6.45) is 1.14. The molecule has 3 N–H and O–H groups in total. The van der Waals surface area contributed by atoms with E-state index < -0.39 is 45.4 Å². The molecule has 3 aliphatic heterocycles. The summed E-state index contributed by atoms with van der Waals surface area (Å²) in [6, 6.07) is 9.86. The number of anilines is 1. The summed E-state index contributed by atoms with van der Waals surface area (Å²) in [4.78, 5) is 41.2. The van der Waals surface area contributed by atoms with Crippen LogP contribution < -0.4 is 16.0 Å². The van der Waals surface area contributed by atoms with Gasteiger partial charge < -0.3 is 30.3 Å². The molecule has 1 unspecified atom stereocenters. The van der Waals surface area contributed by atoms with Gasteiger partial charge in [0.15, 0.2) is 0 Å². The molecule has 3 fully saturated rings. The van der Waals surface area contributed by atoms with E-state index in [0.29, 0.717) is 36.5 Å². The highest BCUT2D eigenvalue weighted by Gasteiger charge is 2.48. The molecular weight excluding hydrogens is 665 g/mol. The van der Waals surface area contributed by atoms with Crippen LogP contribution in [0.25, 0.3) is 0 Å². The Hall–Kier alpha value is -3.46. The van der Waals surface area contributed by atoms with Gasteiger partial charge in [-0.25, -0.2) is 22.4 Å². The highest BCUT2D eigenvalue weighted by Crippen LogP contribution is 2.40. The van der Waals surface area contributed by atoms with Crippen molar-refractivity contribution >= 4 is 45.4 Å². The first kappa shape index (κ1) is 35.8. The summed E-state index contributed by atoms with van der Waals surface area (Å²) < 4.78 is 53.1. The Balaban J connectivity index is 1.43. The fourth-order valence-corrected chi connectivity index (χ4v) is 9.08. The van der Waals surface area contributed by atoms with Gasteiger partial charge in [-0.1, -0.05) is 29.8 Å². The first-order valence-corrected chi connectivity index (χ1v) is 18.3. The van der Waals surface area contributed by atoms with E-state index in [0.717, 1.165) is 6.42 Å². The molecule has 2 aromatic carbocycles. The summed E-state index contributed by atoms with van der Waals surface area (Å²) in [5.41, 5.74) is 0.153. The number of likely N-dealkylation sites (tertiary alicyclic amines) is 1. The van der Waals surface area contributed by atoms with Crippen LogP contribution in [0.3, 0.4) is 0 Å². The number of hydrogen-bond donors (Lipinski definition) is 3. The number of halogens is 2. The van der Waals surface area contributed by atoms with Gasteiger partial charge >= 0.3 is 12.2 Å². The average molecular weight is 708 g/mol. The van der Waals surface area contributed by atoms with Crippen LogP contribution in [0.15, 0.2) is 42.5 Å². The molecule has 3 amide bonds. The topological polar surface area (TPSA) is 146 Å². The van der Waals surface area contributed by atoms with Crippen molar-refractivity contribution in [3.05, 3.63) is 64.4 Å². The number of carbonyl (C=O) groups is 3. The van der Waals surface area contributed by atoms with Gasteiger partial charge in [-0.3, -0.25) is 4.79 Å².